The number of alkyl halides is 3. The molecule has 0 aromatic heterocycles. The molecule has 4 N–H and O–H groups in total. The van der Waals surface area contributed by atoms with Gasteiger partial charge in [0, 0.05) is 5.69 Å². The molecule has 0 aliphatic heterocycles. The van der Waals surface area contributed by atoms with Crippen LogP contribution in [0, 0.1) is 0 Å². The second-order valence-corrected chi connectivity index (χ2v) is 8.19. The van der Waals surface area contributed by atoms with Crippen molar-refractivity contribution in [2.24, 2.45) is 5.14 Å². The number of nitrogen functional groups attached to an aromatic ring is 1. The zero-order valence-electron chi connectivity index (χ0n) is 11.8. The van der Waals surface area contributed by atoms with Gasteiger partial charge in [-0.2, -0.15) is 13.2 Å². The number of nitrogens with two attached hydrogens (primary N) is 2. The predicted octanol–water partition coefficient (Wildman–Crippen LogP) is 1.77. The number of benzene rings is 2. The van der Waals surface area contributed by atoms with Crippen molar-refractivity contribution in [1.82, 2.24) is 0 Å². The molecule has 0 aliphatic rings. The van der Waals surface area contributed by atoms with Crippen molar-refractivity contribution >= 4 is 25.5 Å². The summed E-state index contributed by atoms with van der Waals surface area (Å²) in [5, 5.41) is 4.96. The summed E-state index contributed by atoms with van der Waals surface area (Å²) in [7, 11) is -8.96. The first-order valence-electron chi connectivity index (χ1n) is 6.19. The standard InChI is InChI=1S/C13H11F3N2O4S2/c14-13(15,16)9-7-8(5-6-10(9)17)23(19,20)11-3-1-2-4-12(11)24(18,21)22/h1-7H,17H2,(H2,18,21,22). The molecular weight excluding hydrogens is 369 g/mol. The first kappa shape index (κ1) is 18.2. The summed E-state index contributed by atoms with van der Waals surface area (Å²) >= 11 is 0. The molecular formula is C13H11F3N2O4S2. The Balaban J connectivity index is 2.75. The average Bonchev–Trinajstić information content (AvgIpc) is 2.45. The van der Waals surface area contributed by atoms with Crippen molar-refractivity contribution in [3.8, 4) is 0 Å². The van der Waals surface area contributed by atoms with E-state index in [0.717, 1.165) is 24.3 Å². The zero-order valence-corrected chi connectivity index (χ0v) is 13.4. The molecule has 11 heteroatoms. The fourth-order valence-corrected chi connectivity index (χ4v) is 4.64. The second kappa shape index (κ2) is 5.76. The van der Waals surface area contributed by atoms with Gasteiger partial charge >= 0.3 is 6.18 Å². The van der Waals surface area contributed by atoms with Crippen LogP contribution in [0.5, 0.6) is 0 Å². The van der Waals surface area contributed by atoms with Gasteiger partial charge in [-0.3, -0.25) is 0 Å². The second-order valence-electron chi connectivity index (χ2n) is 4.74. The Labute approximate surface area is 135 Å². The molecule has 0 saturated carbocycles. The van der Waals surface area contributed by atoms with Crippen LogP contribution in [-0.2, 0) is 26.0 Å². The van der Waals surface area contributed by atoms with Gasteiger partial charge in [0.15, 0.2) is 0 Å². The maximum atomic E-state index is 12.9. The number of halogens is 3. The fourth-order valence-electron chi connectivity index (χ4n) is 1.98. The first-order chi connectivity index (χ1) is 10.8. The molecule has 6 nitrogen and oxygen atoms in total. The summed E-state index contributed by atoms with van der Waals surface area (Å²) in [5.74, 6) is 0. The topological polar surface area (TPSA) is 120 Å². The van der Waals surface area contributed by atoms with Crippen LogP contribution < -0.4 is 10.9 Å². The number of sulfone groups is 1. The number of hydrogen-bond donors (Lipinski definition) is 2. The largest absolute Gasteiger partial charge is 0.418 e. The Morgan fingerprint density at radius 3 is 1.92 bits per heavy atom. The lowest BCUT2D eigenvalue weighted by molar-refractivity contribution is -0.137. The highest BCUT2D eigenvalue weighted by atomic mass is 32.2. The highest BCUT2D eigenvalue weighted by Gasteiger charge is 2.35. The van der Waals surface area contributed by atoms with E-state index < -0.39 is 52.0 Å². The van der Waals surface area contributed by atoms with Crippen LogP contribution in [0.2, 0.25) is 0 Å². The molecule has 0 aliphatic carbocycles. The summed E-state index contributed by atoms with van der Waals surface area (Å²) in [5.41, 5.74) is 3.24. The Hall–Kier alpha value is -2.11. The third kappa shape index (κ3) is 3.37. The van der Waals surface area contributed by atoms with Crippen LogP contribution in [0.4, 0.5) is 18.9 Å². The maximum absolute atomic E-state index is 12.9. The monoisotopic (exact) mass is 380 g/mol. The Morgan fingerprint density at radius 1 is 0.875 bits per heavy atom. The number of primary sulfonamides is 1. The first-order valence-corrected chi connectivity index (χ1v) is 9.22. The molecule has 130 valence electrons. The normalized spacial score (nSPS) is 13.0. The molecule has 2 aromatic carbocycles. The summed E-state index contributed by atoms with van der Waals surface area (Å²) < 4.78 is 86.9. The summed E-state index contributed by atoms with van der Waals surface area (Å²) in [6.45, 7) is 0. The van der Waals surface area contributed by atoms with Gasteiger partial charge in [-0.25, -0.2) is 22.0 Å². The van der Waals surface area contributed by atoms with Crippen LogP contribution in [-0.4, -0.2) is 16.8 Å². The molecule has 24 heavy (non-hydrogen) atoms. The lowest BCUT2D eigenvalue weighted by Crippen LogP contribution is -2.17. The number of anilines is 1. The third-order valence-corrected chi connectivity index (χ3v) is 5.99. The van der Waals surface area contributed by atoms with Crippen molar-refractivity contribution < 1.29 is 30.0 Å². The molecule has 2 rings (SSSR count). The third-order valence-electron chi connectivity index (χ3n) is 3.09. The van der Waals surface area contributed by atoms with Gasteiger partial charge in [-0.05, 0) is 30.3 Å². The van der Waals surface area contributed by atoms with E-state index in [1.165, 1.54) is 12.1 Å². The van der Waals surface area contributed by atoms with Crippen molar-refractivity contribution in [3.05, 3.63) is 48.0 Å². The quantitative estimate of drug-likeness (QED) is 0.786. The van der Waals surface area contributed by atoms with Crippen molar-refractivity contribution in [1.29, 1.82) is 0 Å². The van der Waals surface area contributed by atoms with E-state index in [1.54, 1.807) is 0 Å². The zero-order chi connectivity index (χ0) is 18.3. The maximum Gasteiger partial charge on any atom is 0.418 e. The number of sulfonamides is 1. The Morgan fingerprint density at radius 2 is 1.42 bits per heavy atom. The molecule has 0 heterocycles. The van der Waals surface area contributed by atoms with Gasteiger partial charge in [-0.15, -0.1) is 0 Å². The minimum atomic E-state index is -4.87. The molecule has 0 bridgehead atoms. The SMILES string of the molecule is Nc1ccc(S(=O)(=O)c2ccccc2S(N)(=O)=O)cc1C(F)(F)F. The van der Waals surface area contributed by atoms with Crippen molar-refractivity contribution in [2.75, 3.05) is 5.73 Å². The van der Waals surface area contributed by atoms with E-state index in [1.807, 2.05) is 0 Å². The molecule has 0 radical (unpaired) electrons. The molecule has 0 amide bonds. The molecule has 2 aromatic rings. The van der Waals surface area contributed by atoms with E-state index in [4.69, 9.17) is 10.9 Å². The van der Waals surface area contributed by atoms with Gasteiger partial charge in [0.25, 0.3) is 0 Å². The summed E-state index contributed by atoms with van der Waals surface area (Å²) in [4.78, 5) is -2.18. The lowest BCUT2D eigenvalue weighted by atomic mass is 10.2. The summed E-state index contributed by atoms with van der Waals surface area (Å²) in [6, 6.07) is 6.36. The van der Waals surface area contributed by atoms with Gasteiger partial charge in [0.05, 0.1) is 15.4 Å². The highest BCUT2D eigenvalue weighted by Crippen LogP contribution is 2.36. The average molecular weight is 380 g/mol. The van der Waals surface area contributed by atoms with E-state index in [-0.39, 0.29) is 0 Å². The van der Waals surface area contributed by atoms with Crippen LogP contribution >= 0.6 is 0 Å². The van der Waals surface area contributed by atoms with Gasteiger partial charge in [0.2, 0.25) is 19.9 Å². The molecule has 0 unspecified atom stereocenters. The van der Waals surface area contributed by atoms with E-state index >= 15 is 0 Å². The van der Waals surface area contributed by atoms with Crippen LogP contribution in [0.15, 0.2) is 57.2 Å². The minimum absolute atomic E-state index is 0.352. The minimum Gasteiger partial charge on any atom is -0.398 e. The number of hydrogen-bond acceptors (Lipinski definition) is 5. The number of rotatable bonds is 3. The lowest BCUT2D eigenvalue weighted by Gasteiger charge is -2.13. The van der Waals surface area contributed by atoms with Crippen molar-refractivity contribution in [2.45, 2.75) is 20.9 Å². The molecule has 0 atom stereocenters. The van der Waals surface area contributed by atoms with E-state index in [0.29, 0.717) is 6.07 Å². The molecule has 0 saturated heterocycles. The summed E-state index contributed by atoms with van der Waals surface area (Å²) in [6.07, 6.45) is -4.87. The van der Waals surface area contributed by atoms with Crippen LogP contribution in [0.1, 0.15) is 5.56 Å². The smallest absolute Gasteiger partial charge is 0.398 e. The van der Waals surface area contributed by atoms with Crippen LogP contribution in [0.25, 0.3) is 0 Å². The van der Waals surface area contributed by atoms with Crippen molar-refractivity contribution in [3.63, 3.8) is 0 Å². The van der Waals surface area contributed by atoms with E-state index in [2.05, 4.69) is 0 Å². The van der Waals surface area contributed by atoms with Gasteiger partial charge in [-0.1, -0.05) is 12.1 Å². The fraction of sp³-hybridized carbons (Fsp3) is 0.0769. The Bertz CT molecular complexity index is 1000. The van der Waals surface area contributed by atoms with Gasteiger partial charge < -0.3 is 5.73 Å². The van der Waals surface area contributed by atoms with E-state index in [9.17, 15) is 30.0 Å². The molecule has 0 spiro atoms. The predicted molar refractivity (Wildman–Crippen MR) is 79.1 cm³/mol. The van der Waals surface area contributed by atoms with Gasteiger partial charge in [0.1, 0.15) is 4.90 Å². The molecule has 0 fully saturated rings. The van der Waals surface area contributed by atoms with Crippen LogP contribution in [0.3, 0.4) is 0 Å². The Kier molecular flexibility index (Phi) is 4.37. The highest BCUT2D eigenvalue weighted by molar-refractivity contribution is 7.93.